The van der Waals surface area contributed by atoms with Gasteiger partial charge in [-0.25, -0.2) is 0 Å². The minimum absolute atomic E-state index is 0.176. The summed E-state index contributed by atoms with van der Waals surface area (Å²) in [6, 6.07) is 9.49. The van der Waals surface area contributed by atoms with E-state index in [0.29, 0.717) is 17.1 Å². The molecule has 2 heterocycles. The molecule has 11 heteroatoms. The molecule has 0 spiro atoms. The van der Waals surface area contributed by atoms with Crippen LogP contribution >= 0.6 is 0 Å². The van der Waals surface area contributed by atoms with Crippen molar-refractivity contribution in [1.29, 1.82) is 0 Å². The Balaban J connectivity index is 1.64. The van der Waals surface area contributed by atoms with Crippen molar-refractivity contribution in [1.82, 2.24) is 19.6 Å². The molecule has 0 saturated carbocycles. The molecule has 3 aromatic rings. The summed E-state index contributed by atoms with van der Waals surface area (Å²) >= 11 is 0. The second kappa shape index (κ2) is 7.70. The van der Waals surface area contributed by atoms with Crippen molar-refractivity contribution < 1.29 is 14.5 Å². The minimum Gasteiger partial charge on any atom is -0.358 e. The lowest BCUT2D eigenvalue weighted by atomic mass is 10.2. The third kappa shape index (κ3) is 4.38. The number of benzene rings is 1. The summed E-state index contributed by atoms with van der Waals surface area (Å²) < 4.78 is 2.77. The molecule has 144 valence electrons. The number of nitrogens with one attached hydrogen (secondary N) is 2. The second-order valence-electron chi connectivity index (χ2n) is 6.02. The van der Waals surface area contributed by atoms with Gasteiger partial charge >= 0.3 is 5.82 Å². The number of hydrogen-bond acceptors (Lipinski definition) is 6. The first kappa shape index (κ1) is 18.8. The zero-order chi connectivity index (χ0) is 20.3. The van der Waals surface area contributed by atoms with Gasteiger partial charge in [0.25, 0.3) is 5.91 Å². The maximum atomic E-state index is 12.2. The van der Waals surface area contributed by atoms with Gasteiger partial charge in [-0.2, -0.15) is 9.78 Å². The van der Waals surface area contributed by atoms with Crippen LogP contribution in [0.1, 0.15) is 16.2 Å². The molecule has 0 radical (unpaired) electrons. The highest BCUT2D eigenvalue weighted by Gasteiger charge is 2.17. The Kier molecular flexibility index (Phi) is 5.16. The van der Waals surface area contributed by atoms with Gasteiger partial charge in [0.05, 0.1) is 16.9 Å². The van der Waals surface area contributed by atoms with E-state index in [2.05, 4.69) is 20.8 Å². The Bertz CT molecular complexity index is 1050. The molecule has 0 atom stereocenters. The first-order chi connectivity index (χ1) is 13.3. The number of carbonyl (C=O) groups excluding carboxylic acids is 2. The van der Waals surface area contributed by atoms with E-state index in [1.165, 1.54) is 15.4 Å². The predicted molar refractivity (Wildman–Crippen MR) is 99.9 cm³/mol. The maximum absolute atomic E-state index is 12.2. The average molecular weight is 383 g/mol. The molecule has 2 N–H and O–H groups in total. The molecule has 1 aromatic carbocycles. The van der Waals surface area contributed by atoms with Crippen LogP contribution in [-0.2, 0) is 18.4 Å². The highest BCUT2D eigenvalue weighted by molar-refractivity contribution is 6.03. The zero-order valence-electron chi connectivity index (χ0n) is 15.1. The Morgan fingerprint density at radius 3 is 2.46 bits per heavy atom. The number of rotatable bonds is 6. The average Bonchev–Trinajstić information content (AvgIpc) is 3.21. The molecule has 0 aliphatic rings. The molecule has 0 aliphatic carbocycles. The van der Waals surface area contributed by atoms with Gasteiger partial charge in [-0.15, -0.1) is 0 Å². The summed E-state index contributed by atoms with van der Waals surface area (Å²) in [5.74, 6) is -1.10. The molecule has 3 rings (SSSR count). The number of hydrogen-bond donors (Lipinski definition) is 2. The quantitative estimate of drug-likeness (QED) is 0.491. The van der Waals surface area contributed by atoms with Crippen LogP contribution in [0.2, 0.25) is 0 Å². The van der Waals surface area contributed by atoms with E-state index in [0.717, 1.165) is 0 Å². The largest absolute Gasteiger partial charge is 0.390 e. The monoisotopic (exact) mass is 383 g/mol. The highest BCUT2D eigenvalue weighted by atomic mass is 16.6. The molecular formula is C17H17N7O4. The molecule has 0 unspecified atom stereocenters. The van der Waals surface area contributed by atoms with E-state index in [9.17, 15) is 19.7 Å². The normalized spacial score (nSPS) is 10.5. The number of aryl methyl sites for hydroxylation is 2. The molecule has 28 heavy (non-hydrogen) atoms. The Morgan fingerprint density at radius 1 is 1.14 bits per heavy atom. The Morgan fingerprint density at radius 2 is 1.86 bits per heavy atom. The lowest BCUT2D eigenvalue weighted by molar-refractivity contribution is -0.389. The van der Waals surface area contributed by atoms with Crippen LogP contribution in [0.15, 0.2) is 42.6 Å². The first-order valence-corrected chi connectivity index (χ1v) is 8.21. The molecule has 0 fully saturated rings. The third-order valence-corrected chi connectivity index (χ3v) is 3.80. The van der Waals surface area contributed by atoms with Gasteiger partial charge in [-0.1, -0.05) is 6.07 Å². The maximum Gasteiger partial charge on any atom is 0.390 e. The van der Waals surface area contributed by atoms with Crippen LogP contribution in [0.3, 0.4) is 0 Å². The predicted octanol–water partition coefficient (Wildman–Crippen LogP) is 1.72. The van der Waals surface area contributed by atoms with E-state index in [4.69, 9.17) is 0 Å². The van der Waals surface area contributed by atoms with Gasteiger partial charge in [0.2, 0.25) is 5.91 Å². The van der Waals surface area contributed by atoms with Crippen molar-refractivity contribution in [2.45, 2.75) is 13.5 Å². The van der Waals surface area contributed by atoms with Crippen molar-refractivity contribution in [2.75, 3.05) is 10.6 Å². The summed E-state index contributed by atoms with van der Waals surface area (Å²) in [7, 11) is 1.71. The molecule has 2 aromatic heterocycles. The fraction of sp³-hybridized carbons (Fsp3) is 0.176. The van der Waals surface area contributed by atoms with Gasteiger partial charge in [0, 0.05) is 24.6 Å². The number of nitro groups is 1. The lowest BCUT2D eigenvalue weighted by Crippen LogP contribution is -2.20. The summed E-state index contributed by atoms with van der Waals surface area (Å²) in [4.78, 5) is 34.5. The smallest absolute Gasteiger partial charge is 0.358 e. The minimum atomic E-state index is -0.616. The summed E-state index contributed by atoms with van der Waals surface area (Å²) in [5.41, 5.74) is 1.72. The van der Waals surface area contributed by atoms with Crippen molar-refractivity contribution in [3.63, 3.8) is 0 Å². The van der Waals surface area contributed by atoms with Crippen molar-refractivity contribution in [3.05, 3.63) is 64.1 Å². The Hall–Kier alpha value is -4.02. The first-order valence-electron chi connectivity index (χ1n) is 8.21. The molecule has 0 aliphatic heterocycles. The summed E-state index contributed by atoms with van der Waals surface area (Å²) in [5, 5.41) is 23.9. The van der Waals surface area contributed by atoms with Crippen molar-refractivity contribution >= 4 is 29.0 Å². The van der Waals surface area contributed by atoms with Crippen LogP contribution in [0, 0.1) is 17.0 Å². The van der Waals surface area contributed by atoms with E-state index < -0.39 is 10.8 Å². The zero-order valence-corrected chi connectivity index (χ0v) is 15.1. The van der Waals surface area contributed by atoms with Gasteiger partial charge in [-0.05, 0) is 36.1 Å². The van der Waals surface area contributed by atoms with E-state index in [1.807, 2.05) is 0 Å². The molecule has 0 bridgehead atoms. The fourth-order valence-corrected chi connectivity index (χ4v) is 2.48. The van der Waals surface area contributed by atoms with Crippen molar-refractivity contribution in [2.24, 2.45) is 7.05 Å². The topological polar surface area (TPSA) is 137 Å². The highest BCUT2D eigenvalue weighted by Crippen LogP contribution is 2.16. The van der Waals surface area contributed by atoms with Crippen LogP contribution in [-0.4, -0.2) is 36.3 Å². The molecule has 2 amide bonds. The third-order valence-electron chi connectivity index (χ3n) is 3.80. The molecule has 0 saturated heterocycles. The summed E-state index contributed by atoms with van der Waals surface area (Å²) in [6.45, 7) is 1.45. The SMILES string of the molecule is Cc1cc([N+](=O)[O-])nn1CC(=O)Nc1cccc(NC(=O)c2ccn(C)n2)c1. The number of nitrogens with zero attached hydrogens (tertiary/aromatic N) is 5. The van der Waals surface area contributed by atoms with E-state index in [1.54, 1.807) is 50.5 Å². The molecule has 11 nitrogen and oxygen atoms in total. The standard InChI is InChI=1S/C17H17N7O4/c1-11-8-15(24(27)28)21-23(11)10-16(25)18-12-4-3-5-13(9-12)19-17(26)14-6-7-22(2)20-14/h3-9H,10H2,1-2H3,(H,18,25)(H,19,26). The number of aromatic nitrogens is 4. The lowest BCUT2D eigenvalue weighted by Gasteiger charge is -2.08. The van der Waals surface area contributed by atoms with Gasteiger partial charge in [0.1, 0.15) is 6.54 Å². The van der Waals surface area contributed by atoms with Gasteiger partial charge in [-0.3, -0.25) is 14.3 Å². The number of carbonyl (C=O) groups is 2. The Labute approximate surface area is 159 Å². The number of anilines is 2. The second-order valence-corrected chi connectivity index (χ2v) is 6.02. The van der Waals surface area contributed by atoms with Crippen LogP contribution < -0.4 is 10.6 Å². The van der Waals surface area contributed by atoms with Gasteiger partial charge < -0.3 is 20.7 Å². The van der Waals surface area contributed by atoms with E-state index in [-0.39, 0.29) is 24.0 Å². The summed E-state index contributed by atoms with van der Waals surface area (Å²) in [6.07, 6.45) is 1.66. The number of amides is 2. The fourth-order valence-electron chi connectivity index (χ4n) is 2.48. The van der Waals surface area contributed by atoms with Crippen LogP contribution in [0.25, 0.3) is 0 Å². The van der Waals surface area contributed by atoms with Crippen molar-refractivity contribution in [3.8, 4) is 0 Å². The van der Waals surface area contributed by atoms with E-state index >= 15 is 0 Å². The van der Waals surface area contributed by atoms with Crippen LogP contribution in [0.5, 0.6) is 0 Å². The van der Waals surface area contributed by atoms with Crippen LogP contribution in [0.4, 0.5) is 17.2 Å². The molecular weight excluding hydrogens is 366 g/mol. The van der Waals surface area contributed by atoms with Gasteiger partial charge in [0.15, 0.2) is 5.69 Å².